The van der Waals surface area contributed by atoms with Crippen molar-refractivity contribution < 1.29 is 65.6 Å². The molecule has 0 aromatic heterocycles. The number of guanidine groups is 1. The van der Waals surface area contributed by atoms with Gasteiger partial charge in [0, 0.05) is 12.1 Å². The number of rotatable bonds is 12. The zero-order valence-corrected chi connectivity index (χ0v) is 39.7. The highest BCUT2D eigenvalue weighted by Crippen LogP contribution is 2.22. The standard InChI is InChI=1S/C43H63N5O14S/c1-39(2,3)58-32(49)25-24-31(34(51)59-40(4,5)6)47-63(55,56)48(38(54)62-43(13,14)15)26-27-16-22-30(23-17-27)57-33(50)28-18-20-29(21-19-28)44-35(45-36(52)60-41(7,8)9)46-37(53)61-42(10,11)12/h16-23,31,47H,24-26H2,1-15H3,(H2,44,45,46,52,53)/t31-/m0/s1. The minimum absolute atomic E-state index is 0.0659. The third-order valence-corrected chi connectivity index (χ3v) is 8.43. The fraction of sp³-hybridized carbons (Fsp3) is 0.558. The van der Waals surface area contributed by atoms with Gasteiger partial charge in [0.2, 0.25) is 5.96 Å². The molecule has 0 aliphatic heterocycles. The smallest absolute Gasteiger partial charge is 0.437 e. The molecule has 2 rings (SSSR count). The number of esters is 3. The number of carbonyl (C=O) groups is 6. The molecule has 3 N–H and O–H groups in total. The molecule has 1 atom stereocenters. The van der Waals surface area contributed by atoms with Crippen LogP contribution in [0.2, 0.25) is 0 Å². The van der Waals surface area contributed by atoms with Crippen LogP contribution in [0.25, 0.3) is 0 Å². The van der Waals surface area contributed by atoms with Crippen LogP contribution < -0.4 is 20.1 Å². The molecule has 19 nitrogen and oxygen atoms in total. The van der Waals surface area contributed by atoms with Gasteiger partial charge in [0.05, 0.1) is 12.1 Å². The summed E-state index contributed by atoms with van der Waals surface area (Å²) in [6.45, 7) is 23.7. The number of amides is 3. The van der Waals surface area contributed by atoms with Crippen LogP contribution in [0.15, 0.2) is 53.5 Å². The Hall–Kier alpha value is -5.76. The van der Waals surface area contributed by atoms with E-state index in [1.807, 2.05) is 0 Å². The lowest BCUT2D eigenvalue weighted by atomic mass is 10.1. The topological polar surface area (TPSA) is 244 Å². The van der Waals surface area contributed by atoms with Gasteiger partial charge in [-0.2, -0.15) is 17.4 Å². The van der Waals surface area contributed by atoms with Gasteiger partial charge in [0.15, 0.2) is 0 Å². The first-order valence-corrected chi connectivity index (χ1v) is 21.4. The molecule has 3 amide bonds. The Kier molecular flexibility index (Phi) is 17.9. The van der Waals surface area contributed by atoms with Crippen molar-refractivity contribution in [2.75, 3.05) is 5.32 Å². The molecular formula is C43H63N5O14S. The van der Waals surface area contributed by atoms with Crippen LogP contribution >= 0.6 is 0 Å². The van der Waals surface area contributed by atoms with E-state index in [1.54, 1.807) is 104 Å². The van der Waals surface area contributed by atoms with Crippen molar-refractivity contribution in [2.45, 2.75) is 157 Å². The lowest BCUT2D eigenvalue weighted by Crippen LogP contribution is -2.52. The molecule has 0 radical (unpaired) electrons. The molecule has 0 unspecified atom stereocenters. The summed E-state index contributed by atoms with van der Waals surface area (Å²) < 4.78 is 62.6. The average molecular weight is 906 g/mol. The molecule has 0 aliphatic carbocycles. The number of benzene rings is 2. The summed E-state index contributed by atoms with van der Waals surface area (Å²) in [4.78, 5) is 81.0. The fourth-order valence-corrected chi connectivity index (χ4v) is 5.99. The maximum Gasteiger partial charge on any atom is 0.437 e. The normalized spacial score (nSPS) is 13.2. The van der Waals surface area contributed by atoms with Crippen LogP contribution in [-0.4, -0.2) is 88.9 Å². The Labute approximate surface area is 370 Å². The van der Waals surface area contributed by atoms with E-state index in [0.717, 1.165) is 0 Å². The van der Waals surface area contributed by atoms with Crippen LogP contribution in [0.5, 0.6) is 5.75 Å². The van der Waals surface area contributed by atoms with Crippen molar-refractivity contribution in [1.82, 2.24) is 14.3 Å². The number of nitrogens with one attached hydrogen (secondary N) is 3. The third-order valence-electron chi connectivity index (χ3n) is 6.99. The average Bonchev–Trinajstić information content (AvgIpc) is 3.05. The molecule has 0 heterocycles. The second kappa shape index (κ2) is 21.1. The molecule has 0 fully saturated rings. The maximum atomic E-state index is 13.9. The molecule has 0 saturated heterocycles. The first-order valence-electron chi connectivity index (χ1n) is 20.0. The van der Waals surface area contributed by atoms with E-state index in [0.29, 0.717) is 9.99 Å². The van der Waals surface area contributed by atoms with Gasteiger partial charge in [-0.15, -0.1) is 4.99 Å². The van der Waals surface area contributed by atoms with E-state index in [-0.39, 0.29) is 35.7 Å². The van der Waals surface area contributed by atoms with Crippen molar-refractivity contribution in [3.05, 3.63) is 59.7 Å². The highest BCUT2D eigenvalue weighted by Gasteiger charge is 2.37. The third kappa shape index (κ3) is 21.7. The molecular weight excluding hydrogens is 843 g/mol. The largest absolute Gasteiger partial charge is 0.460 e. The van der Waals surface area contributed by atoms with Gasteiger partial charge in [0.25, 0.3) is 0 Å². The Balaban J connectivity index is 2.31. The number of aliphatic imine (C=N–C) groups is 1. The highest BCUT2D eigenvalue weighted by molar-refractivity contribution is 7.87. The van der Waals surface area contributed by atoms with Gasteiger partial charge in [-0.05, 0) is 152 Å². The predicted octanol–water partition coefficient (Wildman–Crippen LogP) is 7.54. The summed E-state index contributed by atoms with van der Waals surface area (Å²) in [7, 11) is -4.87. The van der Waals surface area contributed by atoms with Crippen LogP contribution in [0.4, 0.5) is 20.1 Å². The first kappa shape index (κ1) is 53.4. The van der Waals surface area contributed by atoms with E-state index < -0.39 is 87.0 Å². The van der Waals surface area contributed by atoms with E-state index in [2.05, 4.69) is 20.3 Å². The number of ether oxygens (including phenoxy) is 6. The predicted molar refractivity (Wildman–Crippen MR) is 233 cm³/mol. The number of carbonyl (C=O) groups excluding carboxylic acids is 6. The van der Waals surface area contributed by atoms with Crippen molar-refractivity contribution in [3.63, 3.8) is 0 Å². The minimum atomic E-state index is -4.87. The van der Waals surface area contributed by atoms with Gasteiger partial charge in [-0.25, -0.2) is 19.2 Å². The second-order valence-electron chi connectivity index (χ2n) is 19.1. The quantitative estimate of drug-likeness (QED) is 0.0612. The Bertz CT molecular complexity index is 2090. The van der Waals surface area contributed by atoms with Crippen molar-refractivity contribution >= 4 is 58.0 Å². The van der Waals surface area contributed by atoms with Crippen molar-refractivity contribution in [2.24, 2.45) is 4.99 Å². The molecule has 0 bridgehead atoms. The van der Waals surface area contributed by atoms with Crippen molar-refractivity contribution in [1.29, 1.82) is 0 Å². The molecule has 63 heavy (non-hydrogen) atoms. The van der Waals surface area contributed by atoms with E-state index in [9.17, 15) is 37.2 Å². The minimum Gasteiger partial charge on any atom is -0.460 e. The summed E-state index contributed by atoms with van der Waals surface area (Å²) in [5.74, 6) is -2.67. The molecule has 2 aromatic carbocycles. The first-order chi connectivity index (χ1) is 28.5. The van der Waals surface area contributed by atoms with E-state index in [1.165, 1.54) is 48.5 Å². The molecule has 0 spiro atoms. The Morgan fingerprint density at radius 3 is 1.65 bits per heavy atom. The van der Waals surface area contributed by atoms with Crippen molar-refractivity contribution in [3.8, 4) is 5.75 Å². The number of hydrogen-bond donors (Lipinski definition) is 3. The molecule has 2 aromatic rings. The zero-order valence-electron chi connectivity index (χ0n) is 38.8. The molecule has 0 aliphatic rings. The monoisotopic (exact) mass is 905 g/mol. The van der Waals surface area contributed by atoms with E-state index in [4.69, 9.17) is 28.4 Å². The van der Waals surface area contributed by atoms with Gasteiger partial charge in [0.1, 0.15) is 39.8 Å². The summed E-state index contributed by atoms with van der Waals surface area (Å²) in [6.07, 6.45) is -3.84. The maximum absolute atomic E-state index is 13.9. The summed E-state index contributed by atoms with van der Waals surface area (Å²) in [5.41, 5.74) is -4.00. The van der Waals surface area contributed by atoms with E-state index >= 15 is 0 Å². The SMILES string of the molecule is CC(C)(C)OC(=O)CC[C@H](NS(=O)(=O)N(Cc1ccc(OC(=O)c2ccc(NC(=NC(=O)OC(C)(C)C)NC(=O)OC(C)(C)C)cc2)cc1)C(=O)OC(C)(C)C)C(=O)OC(C)(C)C. The van der Waals surface area contributed by atoms with Gasteiger partial charge in [-0.1, -0.05) is 12.1 Å². The highest BCUT2D eigenvalue weighted by atomic mass is 32.2. The molecule has 0 saturated carbocycles. The number of alkyl carbamates (subject to hydrolysis) is 1. The molecule has 350 valence electrons. The zero-order chi connectivity index (χ0) is 48.4. The van der Waals surface area contributed by atoms with Crippen LogP contribution in [0.1, 0.15) is 133 Å². The Morgan fingerprint density at radius 2 is 1.16 bits per heavy atom. The lowest BCUT2D eigenvalue weighted by molar-refractivity contribution is -0.158. The number of anilines is 1. The lowest BCUT2D eigenvalue weighted by Gasteiger charge is -2.29. The fourth-order valence-electron chi connectivity index (χ4n) is 4.74. The van der Waals surface area contributed by atoms with Gasteiger partial charge >= 0.3 is 46.4 Å². The second-order valence-corrected chi connectivity index (χ2v) is 20.8. The van der Waals surface area contributed by atoms with Gasteiger partial charge < -0.3 is 33.7 Å². The summed E-state index contributed by atoms with van der Waals surface area (Å²) in [6, 6.07) is 9.74. The summed E-state index contributed by atoms with van der Waals surface area (Å²) in [5, 5.41) is 5.15. The van der Waals surface area contributed by atoms with Crippen LogP contribution in [0.3, 0.4) is 0 Å². The summed E-state index contributed by atoms with van der Waals surface area (Å²) >= 11 is 0. The number of hydrogen-bond acceptors (Lipinski definition) is 14. The van der Waals surface area contributed by atoms with Gasteiger partial charge in [-0.3, -0.25) is 14.9 Å². The van der Waals surface area contributed by atoms with Crippen LogP contribution in [0, 0.1) is 0 Å². The Morgan fingerprint density at radius 1 is 0.651 bits per heavy atom. The number of nitrogens with zero attached hydrogens (tertiary/aromatic N) is 2. The molecule has 20 heteroatoms. The van der Waals surface area contributed by atoms with Crippen LogP contribution in [-0.2, 0) is 50.0 Å².